The van der Waals surface area contributed by atoms with Crippen LogP contribution in [0.3, 0.4) is 0 Å². The molecule has 2 aromatic heterocycles. The Kier molecular flexibility index (Phi) is 13.4. The summed E-state index contributed by atoms with van der Waals surface area (Å²) in [4.78, 5) is 71.8. The van der Waals surface area contributed by atoms with Gasteiger partial charge in [0.15, 0.2) is 0 Å². The molecule has 5 fully saturated rings. The Hall–Kier alpha value is -6.64. The molecule has 5 aromatic rings. The predicted molar refractivity (Wildman–Crippen MR) is 271 cm³/mol. The van der Waals surface area contributed by atoms with E-state index < -0.39 is 17.5 Å². The van der Waals surface area contributed by atoms with E-state index in [2.05, 4.69) is 80.3 Å². The van der Waals surface area contributed by atoms with Crippen LogP contribution in [0, 0.1) is 34.0 Å². The van der Waals surface area contributed by atoms with E-state index >= 15 is 0 Å². The summed E-state index contributed by atoms with van der Waals surface area (Å²) in [5.41, 5.74) is 3.17. The van der Waals surface area contributed by atoms with Crippen molar-refractivity contribution >= 4 is 51.8 Å². The zero-order valence-electron chi connectivity index (χ0n) is 41.4. The molecule has 1 atom stereocenters. The number of carbonyl (C=O) groups excluding carboxylic acids is 4. The SMILES string of the molecule is CC1(C)[C@H](NC(=O)c2ccc(-c3cnn(C4CCN(CC5CCN(C(=O)C6CCN(c7ccc8nnn(C9CCC(=O)NC9=O)c(=O)c8c7)CC6)CC5)CC4)c3)cc2)C(C)(C)[C@H]1Oc1ccc(C#N)c(Cl)c1. The van der Waals surface area contributed by atoms with E-state index in [1.807, 2.05) is 36.5 Å². The number of halogens is 1. The minimum atomic E-state index is -0.879. The van der Waals surface area contributed by atoms with Crippen molar-refractivity contribution in [1.82, 2.24) is 45.2 Å². The van der Waals surface area contributed by atoms with Crippen molar-refractivity contribution in [2.45, 2.75) is 103 Å². The summed E-state index contributed by atoms with van der Waals surface area (Å²) in [5.74, 6) is 0.337. The van der Waals surface area contributed by atoms with Crippen LogP contribution in [0.2, 0.25) is 5.02 Å². The molecule has 1 aliphatic carbocycles. The minimum absolute atomic E-state index is 0.0282. The van der Waals surface area contributed by atoms with Crippen LogP contribution in [0.15, 0.2) is 77.9 Å². The number of fused-ring (bicyclic) bond motifs is 1. The van der Waals surface area contributed by atoms with Gasteiger partial charge in [-0.25, -0.2) is 0 Å². The number of piperidine rings is 4. The Labute approximate surface area is 423 Å². The number of rotatable bonds is 11. The molecule has 1 unspecified atom stereocenters. The van der Waals surface area contributed by atoms with E-state index in [9.17, 15) is 29.2 Å². The summed E-state index contributed by atoms with van der Waals surface area (Å²) < 4.78 is 9.59. The van der Waals surface area contributed by atoms with Gasteiger partial charge in [0, 0.05) is 104 Å². The van der Waals surface area contributed by atoms with Crippen LogP contribution in [0.25, 0.3) is 22.0 Å². The first-order valence-corrected chi connectivity index (χ1v) is 25.8. The third-order valence-electron chi connectivity index (χ3n) is 16.3. The number of carbonyl (C=O) groups is 4. The number of nitrogens with one attached hydrogen (secondary N) is 2. The van der Waals surface area contributed by atoms with Gasteiger partial charge in [0.25, 0.3) is 17.4 Å². The molecule has 4 amide bonds. The molecule has 10 rings (SSSR count). The number of hydrogen-bond donors (Lipinski definition) is 2. The van der Waals surface area contributed by atoms with E-state index in [1.165, 1.54) is 0 Å². The fraction of sp³-hybridized carbons (Fsp3) is 0.500. The maximum atomic E-state index is 13.8. The van der Waals surface area contributed by atoms with Gasteiger partial charge >= 0.3 is 0 Å². The summed E-state index contributed by atoms with van der Waals surface area (Å²) in [6.07, 6.45) is 9.70. The van der Waals surface area contributed by atoms with Crippen molar-refractivity contribution in [1.29, 1.82) is 5.26 Å². The molecule has 3 aromatic carbocycles. The van der Waals surface area contributed by atoms with Crippen LogP contribution < -0.4 is 25.8 Å². The summed E-state index contributed by atoms with van der Waals surface area (Å²) in [6, 6.07) is 19.7. The largest absolute Gasteiger partial charge is 0.489 e. The molecular weight excluding hydrogens is 934 g/mol. The van der Waals surface area contributed by atoms with E-state index in [4.69, 9.17) is 21.4 Å². The number of imide groups is 1. The number of anilines is 1. The van der Waals surface area contributed by atoms with Gasteiger partial charge in [0.05, 0.1) is 28.2 Å². The fourth-order valence-electron chi connectivity index (χ4n) is 12.4. The molecule has 6 heterocycles. The molecular formula is C54H62ClN11O6. The van der Waals surface area contributed by atoms with Crippen LogP contribution in [-0.2, 0) is 14.4 Å². The lowest BCUT2D eigenvalue weighted by molar-refractivity contribution is -0.164. The predicted octanol–water partition coefficient (Wildman–Crippen LogP) is 6.56. The number of ether oxygens (including phenoxy) is 1. The zero-order valence-corrected chi connectivity index (χ0v) is 42.1. The Morgan fingerprint density at radius 2 is 1.58 bits per heavy atom. The first kappa shape index (κ1) is 49.0. The Balaban J connectivity index is 0.651. The number of amides is 4. The smallest absolute Gasteiger partial charge is 0.278 e. The third kappa shape index (κ3) is 9.58. The van der Waals surface area contributed by atoms with Crippen LogP contribution in [0.5, 0.6) is 5.75 Å². The van der Waals surface area contributed by atoms with E-state index in [1.54, 1.807) is 30.3 Å². The Morgan fingerprint density at radius 1 is 0.861 bits per heavy atom. The summed E-state index contributed by atoms with van der Waals surface area (Å²) in [5, 5.41) is 28.5. The highest BCUT2D eigenvalue weighted by Crippen LogP contribution is 2.55. The van der Waals surface area contributed by atoms with E-state index in [-0.39, 0.29) is 59.5 Å². The summed E-state index contributed by atoms with van der Waals surface area (Å²) in [7, 11) is 0. The van der Waals surface area contributed by atoms with Crippen molar-refractivity contribution in [3.63, 3.8) is 0 Å². The lowest BCUT2D eigenvalue weighted by atomic mass is 9.49. The normalized spacial score (nSPS) is 23.0. The summed E-state index contributed by atoms with van der Waals surface area (Å²) in [6.45, 7) is 14.4. The Morgan fingerprint density at radius 3 is 2.26 bits per heavy atom. The lowest BCUT2D eigenvalue weighted by Gasteiger charge is -2.63. The molecule has 0 spiro atoms. The van der Waals surface area contributed by atoms with Crippen LogP contribution in [0.1, 0.15) is 107 Å². The van der Waals surface area contributed by atoms with Crippen LogP contribution in [-0.4, -0.2) is 116 Å². The molecule has 376 valence electrons. The second-order valence-corrected chi connectivity index (χ2v) is 22.1. The maximum absolute atomic E-state index is 13.8. The first-order chi connectivity index (χ1) is 34.6. The Bertz CT molecular complexity index is 2980. The second kappa shape index (κ2) is 19.8. The van der Waals surface area contributed by atoms with Gasteiger partial charge in [-0.05, 0) is 98.9 Å². The van der Waals surface area contributed by atoms with Crippen molar-refractivity contribution in [3.05, 3.63) is 99.6 Å². The molecule has 4 aliphatic heterocycles. The second-order valence-electron chi connectivity index (χ2n) is 21.7. The third-order valence-corrected chi connectivity index (χ3v) is 16.6. The van der Waals surface area contributed by atoms with Crippen molar-refractivity contribution in [2.24, 2.45) is 22.7 Å². The van der Waals surface area contributed by atoms with Gasteiger partial charge < -0.3 is 24.8 Å². The number of nitrogens with zero attached hydrogens (tertiary/aromatic N) is 9. The number of nitriles is 1. The van der Waals surface area contributed by atoms with Gasteiger partial charge in [-0.2, -0.15) is 15.0 Å². The van der Waals surface area contributed by atoms with Gasteiger partial charge in [-0.15, -0.1) is 5.10 Å². The summed E-state index contributed by atoms with van der Waals surface area (Å²) >= 11 is 6.27. The topological polar surface area (TPSA) is 201 Å². The standard InChI is InChI=1S/C54H62ClN11O6/c1-53(2)51(54(3,4)52(53)72-41-11-9-37(29-56)43(55)28-41)59-47(68)35-7-5-34(6-8-35)38-30-57-65(32-38)39-19-21-62(22-20-39)31-33-15-23-64(24-16-33)49(70)36-17-25-63(26-18-36)40-10-12-44-42(27-40)50(71)66(61-60-44)45-13-14-46(67)58-48(45)69/h5-12,27-28,30,32-33,36,39,45,51-52H,13-26,31H2,1-4H3,(H,59,68)(H,58,67,69)/t45?,51-,52-. The number of likely N-dealkylation sites (tertiary alicyclic amines) is 2. The van der Waals surface area contributed by atoms with Crippen molar-refractivity contribution in [2.75, 3.05) is 50.7 Å². The number of aromatic nitrogens is 5. The monoisotopic (exact) mass is 995 g/mol. The van der Waals surface area contributed by atoms with Gasteiger partial charge in [0.2, 0.25) is 11.8 Å². The quantitative estimate of drug-likeness (QED) is 0.135. The number of hydrogen-bond acceptors (Lipinski definition) is 12. The van der Waals surface area contributed by atoms with E-state index in [0.29, 0.717) is 57.9 Å². The molecule has 4 saturated heterocycles. The van der Waals surface area contributed by atoms with E-state index in [0.717, 1.165) is 92.7 Å². The highest BCUT2D eigenvalue weighted by molar-refractivity contribution is 6.31. The first-order valence-electron chi connectivity index (χ1n) is 25.4. The molecule has 5 aliphatic rings. The highest BCUT2D eigenvalue weighted by atomic mass is 35.5. The van der Waals surface area contributed by atoms with Gasteiger partial charge in [-0.1, -0.05) is 56.6 Å². The molecule has 0 radical (unpaired) electrons. The average Bonchev–Trinajstić information content (AvgIpc) is 3.88. The van der Waals surface area contributed by atoms with Crippen LogP contribution in [0.4, 0.5) is 5.69 Å². The molecule has 18 heteroatoms. The van der Waals surface area contributed by atoms with Crippen molar-refractivity contribution in [3.8, 4) is 22.9 Å². The average molecular weight is 997 g/mol. The fourth-order valence-corrected chi connectivity index (χ4v) is 12.6. The zero-order chi connectivity index (χ0) is 50.5. The molecule has 1 saturated carbocycles. The molecule has 2 N–H and O–H groups in total. The molecule has 0 bridgehead atoms. The van der Waals surface area contributed by atoms with Gasteiger partial charge in [-0.3, -0.25) is 34.0 Å². The molecule has 17 nitrogen and oxygen atoms in total. The van der Waals surface area contributed by atoms with Crippen LogP contribution >= 0.6 is 11.6 Å². The minimum Gasteiger partial charge on any atom is -0.489 e. The maximum Gasteiger partial charge on any atom is 0.278 e. The number of benzene rings is 3. The molecule has 72 heavy (non-hydrogen) atoms. The van der Waals surface area contributed by atoms with Gasteiger partial charge in [0.1, 0.15) is 29.5 Å². The lowest BCUT2D eigenvalue weighted by Crippen LogP contribution is -2.74. The van der Waals surface area contributed by atoms with Crippen molar-refractivity contribution < 1.29 is 23.9 Å². The highest BCUT2D eigenvalue weighted by Gasteiger charge is 2.64.